The standard InChI is InChI=1S/C19H19Cl2NO2/c20-15-5-1-13(2-6-15)9-19(11-17(18(23)24)22-12-19)10-14-3-7-16(21)8-4-14/h1-8,17,22H,9-12H2,(H,23,24)/t17-/m0/s1. The van der Waals surface area contributed by atoms with E-state index in [1.807, 2.05) is 48.5 Å². The second-order valence-electron chi connectivity index (χ2n) is 6.58. The average molecular weight is 364 g/mol. The maximum atomic E-state index is 11.4. The highest BCUT2D eigenvalue weighted by Crippen LogP contribution is 2.37. The Morgan fingerprint density at radius 3 is 1.83 bits per heavy atom. The topological polar surface area (TPSA) is 49.3 Å². The van der Waals surface area contributed by atoms with E-state index in [-0.39, 0.29) is 5.41 Å². The van der Waals surface area contributed by atoms with Gasteiger partial charge in [0.05, 0.1) is 0 Å². The minimum Gasteiger partial charge on any atom is -0.480 e. The number of halogens is 2. The summed E-state index contributed by atoms with van der Waals surface area (Å²) < 4.78 is 0. The fraction of sp³-hybridized carbons (Fsp3) is 0.316. The highest BCUT2D eigenvalue weighted by Gasteiger charge is 2.41. The molecular formula is C19H19Cl2NO2. The molecule has 0 saturated carbocycles. The molecule has 5 heteroatoms. The lowest BCUT2D eigenvalue weighted by Crippen LogP contribution is -2.30. The van der Waals surface area contributed by atoms with Gasteiger partial charge in [0, 0.05) is 16.6 Å². The molecule has 0 unspecified atom stereocenters. The first-order valence-electron chi connectivity index (χ1n) is 7.91. The van der Waals surface area contributed by atoms with E-state index in [1.54, 1.807) is 0 Å². The van der Waals surface area contributed by atoms with E-state index < -0.39 is 12.0 Å². The van der Waals surface area contributed by atoms with Crippen molar-refractivity contribution in [2.24, 2.45) is 5.41 Å². The summed E-state index contributed by atoms with van der Waals surface area (Å²) in [5.74, 6) is -0.788. The molecule has 3 nitrogen and oxygen atoms in total. The summed E-state index contributed by atoms with van der Waals surface area (Å²) in [7, 11) is 0. The van der Waals surface area contributed by atoms with Crippen molar-refractivity contribution >= 4 is 29.2 Å². The molecule has 2 aromatic rings. The van der Waals surface area contributed by atoms with Crippen LogP contribution in [0.1, 0.15) is 17.5 Å². The Bertz CT molecular complexity index is 666. The van der Waals surface area contributed by atoms with Gasteiger partial charge in [0.2, 0.25) is 0 Å². The van der Waals surface area contributed by atoms with Gasteiger partial charge < -0.3 is 10.4 Å². The summed E-state index contributed by atoms with van der Waals surface area (Å²) in [6, 6.07) is 15.1. The van der Waals surface area contributed by atoms with E-state index in [0.717, 1.165) is 12.8 Å². The first kappa shape index (κ1) is 17.3. The minimum absolute atomic E-state index is 0.134. The number of benzene rings is 2. The molecule has 24 heavy (non-hydrogen) atoms. The van der Waals surface area contributed by atoms with Gasteiger partial charge in [-0.1, -0.05) is 47.5 Å². The number of hydrogen-bond acceptors (Lipinski definition) is 2. The Morgan fingerprint density at radius 1 is 1.00 bits per heavy atom. The molecule has 2 N–H and O–H groups in total. The Hall–Kier alpha value is -1.55. The van der Waals surface area contributed by atoms with Crippen LogP contribution in [-0.4, -0.2) is 23.7 Å². The van der Waals surface area contributed by atoms with Gasteiger partial charge in [-0.05, 0) is 60.1 Å². The zero-order valence-corrected chi connectivity index (χ0v) is 14.6. The summed E-state index contributed by atoms with van der Waals surface area (Å²) in [5.41, 5.74) is 2.20. The Labute approximate surface area is 151 Å². The maximum Gasteiger partial charge on any atom is 0.320 e. The van der Waals surface area contributed by atoms with Gasteiger partial charge in [0.1, 0.15) is 6.04 Å². The van der Waals surface area contributed by atoms with Crippen LogP contribution in [0.4, 0.5) is 0 Å². The minimum atomic E-state index is -0.788. The van der Waals surface area contributed by atoms with Gasteiger partial charge in [0.15, 0.2) is 0 Å². The van der Waals surface area contributed by atoms with Crippen molar-refractivity contribution < 1.29 is 9.90 Å². The molecule has 0 radical (unpaired) electrons. The third kappa shape index (κ3) is 4.10. The number of rotatable bonds is 5. The lowest BCUT2D eigenvalue weighted by molar-refractivity contribution is -0.139. The monoisotopic (exact) mass is 363 g/mol. The fourth-order valence-electron chi connectivity index (χ4n) is 3.49. The van der Waals surface area contributed by atoms with Crippen molar-refractivity contribution in [3.63, 3.8) is 0 Å². The predicted octanol–water partition coefficient (Wildman–Crippen LogP) is 4.21. The van der Waals surface area contributed by atoms with Gasteiger partial charge in [-0.15, -0.1) is 0 Å². The highest BCUT2D eigenvalue weighted by atomic mass is 35.5. The summed E-state index contributed by atoms with van der Waals surface area (Å²) in [5, 5.41) is 13.9. The Morgan fingerprint density at radius 2 is 1.46 bits per heavy atom. The Kier molecular flexibility index (Phi) is 5.14. The van der Waals surface area contributed by atoms with Crippen molar-refractivity contribution in [1.82, 2.24) is 5.32 Å². The number of nitrogens with one attached hydrogen (secondary N) is 1. The van der Waals surface area contributed by atoms with Crippen LogP contribution in [-0.2, 0) is 17.6 Å². The number of aliphatic carboxylic acids is 1. The summed E-state index contributed by atoms with van der Waals surface area (Å²) >= 11 is 11.9. The molecular weight excluding hydrogens is 345 g/mol. The molecule has 126 valence electrons. The molecule has 0 aromatic heterocycles. The SMILES string of the molecule is O=C(O)[C@@H]1CC(Cc2ccc(Cl)cc2)(Cc2ccc(Cl)cc2)CN1. The normalized spacial score (nSPS) is 19.3. The molecule has 1 heterocycles. The van der Waals surface area contributed by atoms with Crippen LogP contribution in [0.5, 0.6) is 0 Å². The molecule has 2 aromatic carbocycles. The predicted molar refractivity (Wildman–Crippen MR) is 96.8 cm³/mol. The van der Waals surface area contributed by atoms with Crippen molar-refractivity contribution in [2.45, 2.75) is 25.3 Å². The number of hydrogen-bond donors (Lipinski definition) is 2. The maximum absolute atomic E-state index is 11.4. The lowest BCUT2D eigenvalue weighted by atomic mass is 9.75. The zero-order valence-electron chi connectivity index (χ0n) is 13.1. The lowest BCUT2D eigenvalue weighted by Gasteiger charge is -2.29. The van der Waals surface area contributed by atoms with Crippen LogP contribution >= 0.6 is 23.2 Å². The average Bonchev–Trinajstić information content (AvgIpc) is 2.96. The molecule has 1 fully saturated rings. The van der Waals surface area contributed by atoms with Crippen molar-refractivity contribution in [3.05, 3.63) is 69.7 Å². The van der Waals surface area contributed by atoms with Gasteiger partial charge in [-0.2, -0.15) is 0 Å². The molecule has 3 rings (SSSR count). The van der Waals surface area contributed by atoms with Crippen LogP contribution < -0.4 is 5.32 Å². The van der Waals surface area contributed by atoms with E-state index in [2.05, 4.69) is 5.32 Å². The van der Waals surface area contributed by atoms with Gasteiger partial charge >= 0.3 is 5.97 Å². The van der Waals surface area contributed by atoms with Crippen LogP contribution in [0.15, 0.2) is 48.5 Å². The first-order valence-corrected chi connectivity index (χ1v) is 8.66. The van der Waals surface area contributed by atoms with Crippen molar-refractivity contribution in [2.75, 3.05) is 6.54 Å². The molecule has 1 aliphatic heterocycles. The van der Waals surface area contributed by atoms with E-state index >= 15 is 0 Å². The number of carbonyl (C=O) groups is 1. The van der Waals surface area contributed by atoms with Crippen LogP contribution in [0.25, 0.3) is 0 Å². The number of carboxylic acid groups (broad SMARTS) is 1. The van der Waals surface area contributed by atoms with Crippen LogP contribution in [0.3, 0.4) is 0 Å². The van der Waals surface area contributed by atoms with E-state index in [9.17, 15) is 9.90 Å². The summed E-state index contributed by atoms with van der Waals surface area (Å²) in [6.07, 6.45) is 2.22. The van der Waals surface area contributed by atoms with E-state index in [1.165, 1.54) is 11.1 Å². The zero-order chi connectivity index (χ0) is 17.2. The molecule has 1 saturated heterocycles. The summed E-state index contributed by atoms with van der Waals surface area (Å²) in [4.78, 5) is 11.4. The quantitative estimate of drug-likeness (QED) is 0.836. The second-order valence-corrected chi connectivity index (χ2v) is 7.46. The molecule has 1 aliphatic rings. The Balaban J connectivity index is 1.84. The number of carboxylic acids is 1. The first-order chi connectivity index (χ1) is 11.5. The molecule has 1 atom stereocenters. The second kappa shape index (κ2) is 7.14. The third-order valence-electron chi connectivity index (χ3n) is 4.64. The van der Waals surface area contributed by atoms with Gasteiger partial charge in [-0.25, -0.2) is 0 Å². The molecule has 0 bridgehead atoms. The molecule has 0 spiro atoms. The highest BCUT2D eigenvalue weighted by molar-refractivity contribution is 6.30. The third-order valence-corrected chi connectivity index (χ3v) is 5.15. The molecule has 0 aliphatic carbocycles. The van der Waals surface area contributed by atoms with Crippen LogP contribution in [0, 0.1) is 5.41 Å². The molecule has 0 amide bonds. The largest absolute Gasteiger partial charge is 0.480 e. The smallest absolute Gasteiger partial charge is 0.320 e. The van der Waals surface area contributed by atoms with E-state index in [0.29, 0.717) is 23.0 Å². The van der Waals surface area contributed by atoms with Gasteiger partial charge in [0.25, 0.3) is 0 Å². The fourth-order valence-corrected chi connectivity index (χ4v) is 3.75. The summed E-state index contributed by atoms with van der Waals surface area (Å²) in [6.45, 7) is 0.676. The van der Waals surface area contributed by atoms with Crippen molar-refractivity contribution in [3.8, 4) is 0 Å². The van der Waals surface area contributed by atoms with Crippen molar-refractivity contribution in [1.29, 1.82) is 0 Å². The van der Waals surface area contributed by atoms with Crippen LogP contribution in [0.2, 0.25) is 10.0 Å². The van der Waals surface area contributed by atoms with E-state index in [4.69, 9.17) is 23.2 Å². The van der Waals surface area contributed by atoms with Gasteiger partial charge in [-0.3, -0.25) is 4.79 Å².